The Morgan fingerprint density at radius 2 is 1.86 bits per heavy atom. The van der Waals surface area contributed by atoms with E-state index in [2.05, 4.69) is 38.3 Å². The van der Waals surface area contributed by atoms with Crippen molar-refractivity contribution < 1.29 is 4.74 Å². The highest BCUT2D eigenvalue weighted by Gasteiger charge is 2.66. The van der Waals surface area contributed by atoms with Gasteiger partial charge >= 0.3 is 0 Å². The van der Waals surface area contributed by atoms with Gasteiger partial charge in [0, 0.05) is 12.1 Å². The molecular weight excluding hydrogens is 284 g/mol. The maximum atomic E-state index is 6.40. The van der Waals surface area contributed by atoms with Gasteiger partial charge < -0.3 is 9.30 Å². The third-order valence-electron chi connectivity index (χ3n) is 5.48. The number of imidazole rings is 1. The zero-order chi connectivity index (χ0) is 15.6. The first-order valence-corrected chi connectivity index (χ1v) is 7.85. The lowest BCUT2D eigenvalue weighted by Crippen LogP contribution is -2.07. The van der Waals surface area contributed by atoms with Crippen molar-refractivity contribution >= 4 is 22.6 Å². The minimum Gasteiger partial charge on any atom is -0.497 e. The molecule has 1 aliphatic rings. The molecule has 1 unspecified atom stereocenters. The van der Waals surface area contributed by atoms with Crippen LogP contribution >= 0.6 is 11.6 Å². The van der Waals surface area contributed by atoms with Crippen LogP contribution in [0.25, 0.3) is 11.0 Å². The summed E-state index contributed by atoms with van der Waals surface area (Å²) < 4.78 is 7.71. The molecule has 0 aliphatic heterocycles. The normalized spacial score (nSPS) is 21.5. The van der Waals surface area contributed by atoms with Gasteiger partial charge in [0.1, 0.15) is 11.6 Å². The summed E-state index contributed by atoms with van der Waals surface area (Å²) in [7, 11) is 1.69. The zero-order valence-electron chi connectivity index (χ0n) is 13.6. The van der Waals surface area contributed by atoms with Crippen LogP contribution in [0.5, 0.6) is 5.75 Å². The molecule has 1 atom stereocenters. The molecule has 1 aromatic heterocycles. The molecule has 0 saturated heterocycles. The second-order valence-electron chi connectivity index (χ2n) is 7.16. The van der Waals surface area contributed by atoms with E-state index in [1.165, 1.54) is 0 Å². The Balaban J connectivity index is 2.26. The summed E-state index contributed by atoms with van der Waals surface area (Å²) in [6.45, 7) is 11.2. The highest BCUT2D eigenvalue weighted by molar-refractivity contribution is 6.20. The fourth-order valence-corrected chi connectivity index (χ4v) is 3.73. The molecule has 0 bridgehead atoms. The summed E-state index contributed by atoms with van der Waals surface area (Å²) in [5.74, 6) is 1.80. The maximum absolute atomic E-state index is 6.40. The van der Waals surface area contributed by atoms with Crippen molar-refractivity contribution in [3.8, 4) is 5.75 Å². The molecular formula is C17H23ClN2O. The zero-order valence-corrected chi connectivity index (χ0v) is 14.3. The number of aromatic nitrogens is 2. The van der Waals surface area contributed by atoms with Gasteiger partial charge in [0.05, 0.1) is 23.5 Å². The van der Waals surface area contributed by atoms with E-state index in [1.807, 2.05) is 19.1 Å². The lowest BCUT2D eigenvalue weighted by molar-refractivity contribution is 0.415. The van der Waals surface area contributed by atoms with Crippen LogP contribution in [0.4, 0.5) is 0 Å². The van der Waals surface area contributed by atoms with Crippen molar-refractivity contribution in [2.75, 3.05) is 7.11 Å². The number of halogens is 1. The first-order valence-electron chi connectivity index (χ1n) is 7.41. The molecule has 0 amide bonds. The van der Waals surface area contributed by atoms with Gasteiger partial charge in [0.15, 0.2) is 0 Å². The van der Waals surface area contributed by atoms with E-state index in [-0.39, 0.29) is 16.2 Å². The summed E-state index contributed by atoms with van der Waals surface area (Å²) in [6.07, 6.45) is 0. The second-order valence-corrected chi connectivity index (χ2v) is 7.81. The Hall–Kier alpha value is -1.22. The predicted molar refractivity (Wildman–Crippen MR) is 87.2 cm³/mol. The molecule has 1 aromatic carbocycles. The van der Waals surface area contributed by atoms with Crippen LogP contribution in [0.2, 0.25) is 0 Å². The molecule has 0 radical (unpaired) electrons. The average Bonchev–Trinajstić information content (AvgIpc) is 2.73. The fourth-order valence-electron chi connectivity index (χ4n) is 3.58. The quantitative estimate of drug-likeness (QED) is 0.750. The Labute approximate surface area is 131 Å². The first kappa shape index (κ1) is 14.7. The molecule has 0 spiro atoms. The van der Waals surface area contributed by atoms with E-state index in [0.29, 0.717) is 6.04 Å². The van der Waals surface area contributed by atoms with E-state index in [4.69, 9.17) is 21.3 Å². The van der Waals surface area contributed by atoms with Gasteiger partial charge in [-0.15, -0.1) is 11.6 Å². The summed E-state index contributed by atoms with van der Waals surface area (Å²) >= 11 is 6.40. The third-order valence-corrected chi connectivity index (χ3v) is 5.68. The minimum absolute atomic E-state index is 0.115. The smallest absolute Gasteiger partial charge is 0.128 e. The van der Waals surface area contributed by atoms with Crippen LogP contribution in [0.15, 0.2) is 18.2 Å². The van der Waals surface area contributed by atoms with E-state index in [0.717, 1.165) is 22.6 Å². The molecule has 1 fully saturated rings. The number of alkyl halides is 1. The molecule has 0 N–H and O–H groups in total. The van der Waals surface area contributed by atoms with E-state index < -0.39 is 0 Å². The van der Waals surface area contributed by atoms with E-state index in [9.17, 15) is 0 Å². The highest BCUT2D eigenvalue weighted by atomic mass is 35.5. The molecule has 21 heavy (non-hydrogen) atoms. The first-order chi connectivity index (χ1) is 9.71. The third kappa shape index (κ3) is 1.90. The van der Waals surface area contributed by atoms with Gasteiger partial charge in [0.25, 0.3) is 0 Å². The van der Waals surface area contributed by atoms with Gasteiger partial charge in [-0.05, 0) is 29.9 Å². The molecule has 1 heterocycles. The van der Waals surface area contributed by atoms with Gasteiger partial charge in [0.2, 0.25) is 0 Å². The maximum Gasteiger partial charge on any atom is 0.128 e. The monoisotopic (exact) mass is 306 g/mol. The summed E-state index contributed by atoms with van der Waals surface area (Å²) in [5, 5.41) is -0.115. The summed E-state index contributed by atoms with van der Waals surface area (Å²) in [6, 6.07) is 6.43. The number of benzene rings is 1. The number of hydrogen-bond donors (Lipinski definition) is 0. The van der Waals surface area contributed by atoms with Gasteiger partial charge in [-0.2, -0.15) is 0 Å². The van der Waals surface area contributed by atoms with Crippen LogP contribution in [-0.4, -0.2) is 16.7 Å². The minimum atomic E-state index is -0.115. The van der Waals surface area contributed by atoms with Gasteiger partial charge in [-0.25, -0.2) is 4.98 Å². The summed E-state index contributed by atoms with van der Waals surface area (Å²) in [4.78, 5) is 4.76. The predicted octanol–water partition coefficient (Wildman–Crippen LogP) is 4.95. The highest BCUT2D eigenvalue weighted by Crippen LogP contribution is 2.72. The largest absolute Gasteiger partial charge is 0.497 e. The van der Waals surface area contributed by atoms with Crippen molar-refractivity contribution in [1.82, 2.24) is 9.55 Å². The number of methoxy groups -OCH3 is 1. The van der Waals surface area contributed by atoms with Crippen molar-refractivity contribution in [1.29, 1.82) is 0 Å². The molecule has 4 heteroatoms. The molecule has 3 nitrogen and oxygen atoms in total. The van der Waals surface area contributed by atoms with Crippen molar-refractivity contribution in [3.05, 3.63) is 24.0 Å². The molecule has 1 saturated carbocycles. The average molecular weight is 307 g/mol. The Kier molecular flexibility index (Phi) is 3.07. The molecule has 1 aliphatic carbocycles. The fraction of sp³-hybridized carbons (Fsp3) is 0.588. The van der Waals surface area contributed by atoms with Crippen molar-refractivity contribution in [2.45, 2.75) is 46.0 Å². The lowest BCUT2D eigenvalue weighted by atomic mass is 10.0. The van der Waals surface area contributed by atoms with Crippen LogP contribution < -0.4 is 4.74 Å². The van der Waals surface area contributed by atoms with Crippen molar-refractivity contribution in [2.24, 2.45) is 10.8 Å². The number of ether oxygens (including phenoxy) is 1. The molecule has 114 valence electrons. The van der Waals surface area contributed by atoms with Crippen LogP contribution in [-0.2, 0) is 0 Å². The molecule has 2 aromatic rings. The van der Waals surface area contributed by atoms with E-state index in [1.54, 1.807) is 7.11 Å². The number of nitrogens with zero attached hydrogens (tertiary/aromatic N) is 2. The number of rotatable bonds is 3. The van der Waals surface area contributed by atoms with Crippen LogP contribution in [0.3, 0.4) is 0 Å². The van der Waals surface area contributed by atoms with Gasteiger partial charge in [-0.1, -0.05) is 27.7 Å². The lowest BCUT2D eigenvalue weighted by Gasteiger charge is -2.13. The SMILES string of the molecule is COc1ccc2nc(C(C)Cl)n(C3C(C)(C)C3(C)C)c2c1. The molecule has 3 rings (SSSR count). The Morgan fingerprint density at radius 1 is 1.24 bits per heavy atom. The number of fused-ring (bicyclic) bond motifs is 1. The summed E-state index contributed by atoms with van der Waals surface area (Å²) in [5.41, 5.74) is 2.55. The Morgan fingerprint density at radius 3 is 2.33 bits per heavy atom. The Bertz CT molecular complexity index is 686. The standard InChI is InChI=1S/C17H23ClN2O/c1-10(18)14-19-12-8-7-11(21-6)9-13(12)20(14)15-16(2,3)17(15,4)5/h7-10,15H,1-6H3. The van der Waals surface area contributed by atoms with Crippen molar-refractivity contribution in [3.63, 3.8) is 0 Å². The second kappa shape index (κ2) is 4.39. The van der Waals surface area contributed by atoms with E-state index >= 15 is 0 Å². The topological polar surface area (TPSA) is 27.1 Å². The van der Waals surface area contributed by atoms with Crippen LogP contribution in [0, 0.1) is 10.8 Å². The van der Waals surface area contributed by atoms with Gasteiger partial charge in [-0.3, -0.25) is 0 Å². The van der Waals surface area contributed by atoms with Crippen LogP contribution in [0.1, 0.15) is 51.9 Å². The number of hydrogen-bond acceptors (Lipinski definition) is 2.